The number of hydrogen-bond donors (Lipinski definition) is 1. The summed E-state index contributed by atoms with van der Waals surface area (Å²) in [5.74, 6) is 0. The van der Waals surface area contributed by atoms with E-state index in [1.807, 2.05) is 21.8 Å². The summed E-state index contributed by atoms with van der Waals surface area (Å²) in [6, 6.07) is 11.2. The molecule has 88 valence electrons. The zero-order valence-corrected chi connectivity index (χ0v) is 11.2. The molecule has 2 nitrogen and oxygen atoms in total. The van der Waals surface area contributed by atoms with E-state index in [4.69, 9.17) is 0 Å². The van der Waals surface area contributed by atoms with Crippen LogP contribution in [0.25, 0.3) is 0 Å². The van der Waals surface area contributed by atoms with Crippen molar-refractivity contribution in [3.63, 3.8) is 0 Å². The van der Waals surface area contributed by atoms with Gasteiger partial charge in [0.25, 0.3) is 0 Å². The Balaban J connectivity index is 1.77. The van der Waals surface area contributed by atoms with Gasteiger partial charge in [0, 0.05) is 24.8 Å². The first-order valence-electron chi connectivity index (χ1n) is 5.66. The fraction of sp³-hybridized carbons (Fsp3) is 0.500. The summed E-state index contributed by atoms with van der Waals surface area (Å²) in [4.78, 5) is 0. The maximum Gasteiger partial charge on any atom is 0.0342 e. The lowest BCUT2D eigenvalue weighted by Gasteiger charge is -2.31. The fourth-order valence-corrected chi connectivity index (χ4v) is 3.60. The Labute approximate surface area is 106 Å². The Morgan fingerprint density at radius 1 is 1.19 bits per heavy atom. The third-order valence-electron chi connectivity index (χ3n) is 2.78. The second kappa shape index (κ2) is 6.42. The van der Waals surface area contributed by atoms with Crippen molar-refractivity contribution in [2.45, 2.75) is 18.9 Å². The molecule has 4 heteroatoms. The van der Waals surface area contributed by atoms with Gasteiger partial charge < -0.3 is 5.32 Å². The van der Waals surface area contributed by atoms with Crippen LogP contribution in [0.15, 0.2) is 30.3 Å². The van der Waals surface area contributed by atoms with E-state index in [1.54, 1.807) is 0 Å². The van der Waals surface area contributed by atoms with E-state index in [1.165, 1.54) is 31.6 Å². The minimum absolute atomic E-state index is 0.640. The summed E-state index contributed by atoms with van der Waals surface area (Å²) >= 11 is 0. The number of anilines is 1. The average Bonchev–Trinajstić information content (AvgIpc) is 2.33. The van der Waals surface area contributed by atoms with Crippen LogP contribution in [-0.2, 0) is 0 Å². The van der Waals surface area contributed by atoms with Crippen LogP contribution >= 0.6 is 21.8 Å². The van der Waals surface area contributed by atoms with Gasteiger partial charge in [0.1, 0.15) is 0 Å². The number of rotatable bonds is 4. The van der Waals surface area contributed by atoms with Crippen LogP contribution in [0.5, 0.6) is 0 Å². The lowest BCUT2D eigenvalue weighted by molar-refractivity contribution is 0.361. The van der Waals surface area contributed by atoms with Crippen molar-refractivity contribution in [3.8, 4) is 0 Å². The summed E-state index contributed by atoms with van der Waals surface area (Å²) in [5, 5.41) is 3.60. The number of benzene rings is 1. The Morgan fingerprint density at radius 3 is 2.50 bits per heavy atom. The molecule has 0 atom stereocenters. The maximum atomic E-state index is 3.60. The number of nitrogens with one attached hydrogen (secondary N) is 1. The van der Waals surface area contributed by atoms with Gasteiger partial charge >= 0.3 is 0 Å². The smallest absolute Gasteiger partial charge is 0.0342 e. The molecule has 1 saturated heterocycles. The van der Waals surface area contributed by atoms with E-state index in [0.717, 1.165) is 0 Å². The van der Waals surface area contributed by atoms with E-state index in [0.29, 0.717) is 6.04 Å². The highest BCUT2D eigenvalue weighted by Gasteiger charge is 2.18. The minimum Gasteiger partial charge on any atom is -0.382 e. The van der Waals surface area contributed by atoms with Crippen molar-refractivity contribution < 1.29 is 0 Å². The van der Waals surface area contributed by atoms with Gasteiger partial charge in [-0.3, -0.25) is 0 Å². The third-order valence-corrected chi connectivity index (χ3v) is 4.58. The van der Waals surface area contributed by atoms with Crippen LogP contribution < -0.4 is 5.32 Å². The topological polar surface area (TPSA) is 15.3 Å². The third kappa shape index (κ3) is 3.61. The second-order valence-electron chi connectivity index (χ2n) is 3.95. The van der Waals surface area contributed by atoms with Gasteiger partial charge in [-0.25, -0.2) is 4.31 Å². The van der Waals surface area contributed by atoms with Crippen LogP contribution in [0.4, 0.5) is 5.69 Å². The van der Waals surface area contributed by atoms with Gasteiger partial charge in [0.15, 0.2) is 0 Å². The lowest BCUT2D eigenvalue weighted by atomic mass is 10.1. The molecule has 1 aromatic carbocycles. The predicted octanol–water partition coefficient (Wildman–Crippen LogP) is 3.49. The number of piperidine rings is 1. The largest absolute Gasteiger partial charge is 0.382 e. The molecule has 1 aromatic rings. The first kappa shape index (κ1) is 12.1. The van der Waals surface area contributed by atoms with Crippen LogP contribution in [0, 0.1) is 0 Å². The van der Waals surface area contributed by atoms with E-state index < -0.39 is 0 Å². The molecule has 1 fully saturated rings. The van der Waals surface area contributed by atoms with E-state index in [2.05, 4.69) is 46.2 Å². The summed E-state index contributed by atoms with van der Waals surface area (Å²) < 4.78 is 2.45. The van der Waals surface area contributed by atoms with E-state index >= 15 is 0 Å². The standard InChI is InChI=1S/C12H18N2S2/c1-15-16-14-9-7-12(8-10-14)13-11-5-3-2-4-6-11/h2-6,12-13H,7-10H2,1H3. The Hall–Kier alpha value is -0.320. The van der Waals surface area contributed by atoms with Gasteiger partial charge in [-0.15, -0.1) is 0 Å². The van der Waals surface area contributed by atoms with Gasteiger partial charge in [-0.05, 0) is 42.2 Å². The summed E-state index contributed by atoms with van der Waals surface area (Å²) in [5.41, 5.74) is 1.25. The van der Waals surface area contributed by atoms with Crippen molar-refractivity contribution in [2.75, 3.05) is 24.7 Å². The van der Waals surface area contributed by atoms with Crippen molar-refractivity contribution in [3.05, 3.63) is 30.3 Å². The molecular formula is C12H18N2S2. The summed E-state index contributed by atoms with van der Waals surface area (Å²) in [6.45, 7) is 2.38. The van der Waals surface area contributed by atoms with Gasteiger partial charge in [0.2, 0.25) is 0 Å². The second-order valence-corrected chi connectivity index (χ2v) is 6.40. The van der Waals surface area contributed by atoms with E-state index in [9.17, 15) is 0 Å². The minimum atomic E-state index is 0.640. The van der Waals surface area contributed by atoms with Crippen molar-refractivity contribution in [1.29, 1.82) is 0 Å². The van der Waals surface area contributed by atoms with Gasteiger partial charge in [-0.1, -0.05) is 29.0 Å². The highest BCUT2D eigenvalue weighted by molar-refractivity contribution is 8.75. The van der Waals surface area contributed by atoms with Crippen molar-refractivity contribution in [1.82, 2.24) is 4.31 Å². The number of hydrogen-bond acceptors (Lipinski definition) is 4. The lowest BCUT2D eigenvalue weighted by Crippen LogP contribution is -2.35. The number of nitrogens with zero attached hydrogens (tertiary/aromatic N) is 1. The summed E-state index contributed by atoms with van der Waals surface area (Å²) in [6.07, 6.45) is 4.61. The molecule has 1 aliphatic rings. The summed E-state index contributed by atoms with van der Waals surface area (Å²) in [7, 11) is 3.72. The molecule has 1 N–H and O–H groups in total. The average molecular weight is 254 g/mol. The van der Waals surface area contributed by atoms with E-state index in [-0.39, 0.29) is 0 Å². The first-order valence-corrected chi connectivity index (χ1v) is 8.17. The molecule has 0 aliphatic carbocycles. The highest BCUT2D eigenvalue weighted by atomic mass is 33.1. The van der Waals surface area contributed by atoms with Crippen LogP contribution in [-0.4, -0.2) is 29.7 Å². The zero-order valence-electron chi connectivity index (χ0n) is 9.56. The maximum absolute atomic E-state index is 3.60. The molecule has 0 bridgehead atoms. The molecule has 1 heterocycles. The van der Waals surface area contributed by atoms with Crippen molar-refractivity contribution in [2.24, 2.45) is 0 Å². The Morgan fingerprint density at radius 2 is 1.88 bits per heavy atom. The predicted molar refractivity (Wildman–Crippen MR) is 75.8 cm³/mol. The fourth-order valence-electron chi connectivity index (χ4n) is 1.95. The Kier molecular flexibility index (Phi) is 4.88. The SMILES string of the molecule is CSSN1CCC(Nc2ccccc2)CC1. The number of para-hydroxylation sites is 1. The molecule has 16 heavy (non-hydrogen) atoms. The quantitative estimate of drug-likeness (QED) is 0.653. The molecule has 0 spiro atoms. The molecule has 0 saturated carbocycles. The molecule has 2 rings (SSSR count). The van der Waals surface area contributed by atoms with Crippen molar-refractivity contribution >= 4 is 27.5 Å². The first-order chi connectivity index (χ1) is 7.88. The molecular weight excluding hydrogens is 236 g/mol. The van der Waals surface area contributed by atoms with Crippen LogP contribution in [0.2, 0.25) is 0 Å². The monoisotopic (exact) mass is 254 g/mol. The van der Waals surface area contributed by atoms with Crippen LogP contribution in [0.1, 0.15) is 12.8 Å². The molecule has 0 radical (unpaired) electrons. The van der Waals surface area contributed by atoms with Gasteiger partial charge in [-0.2, -0.15) is 0 Å². The molecule has 0 aromatic heterocycles. The highest BCUT2D eigenvalue weighted by Crippen LogP contribution is 2.27. The molecule has 1 aliphatic heterocycles. The molecule has 0 amide bonds. The normalized spacial score (nSPS) is 18.6. The van der Waals surface area contributed by atoms with Crippen LogP contribution in [0.3, 0.4) is 0 Å². The Bertz CT molecular complexity index is 297. The van der Waals surface area contributed by atoms with Gasteiger partial charge in [0.05, 0.1) is 0 Å². The zero-order chi connectivity index (χ0) is 11.2. The molecule has 0 unspecified atom stereocenters.